The number of hydrogen-bond donors (Lipinski definition) is 2. The van der Waals surface area contributed by atoms with Gasteiger partial charge in [-0.15, -0.1) is 0 Å². The summed E-state index contributed by atoms with van der Waals surface area (Å²) >= 11 is 0. The van der Waals surface area contributed by atoms with E-state index >= 15 is 0 Å². The maximum absolute atomic E-state index is 12.4. The van der Waals surface area contributed by atoms with Crippen LogP contribution >= 0.6 is 0 Å². The normalized spacial score (nSPS) is 34.6. The summed E-state index contributed by atoms with van der Waals surface area (Å²) in [6.45, 7) is 0.658. The molecular weight excluding hydrogens is 266 g/mol. The van der Waals surface area contributed by atoms with Crippen molar-refractivity contribution in [3.8, 4) is 0 Å². The van der Waals surface area contributed by atoms with Crippen molar-refractivity contribution in [1.82, 2.24) is 5.32 Å². The number of carboxylic acid groups (broad SMARTS) is 1. The monoisotopic (exact) mass is 291 g/mol. The Kier molecular flexibility index (Phi) is 4.32. The smallest absolute Gasteiger partial charge is 0.307 e. The van der Waals surface area contributed by atoms with Gasteiger partial charge in [0.25, 0.3) is 0 Å². The second-order valence-corrected chi connectivity index (χ2v) is 6.87. The van der Waals surface area contributed by atoms with Crippen LogP contribution in [0, 0.1) is 23.7 Å². The number of amides is 1. The van der Waals surface area contributed by atoms with Crippen molar-refractivity contribution in [1.29, 1.82) is 0 Å². The molecule has 2 bridgehead atoms. The molecule has 0 saturated heterocycles. The Balaban J connectivity index is 1.52. The van der Waals surface area contributed by atoms with E-state index in [0.29, 0.717) is 12.5 Å². The SMILES string of the molecule is O=C(O)[C@@H]1[C@H]2CC[C@@H](C2)[C@@H]1C(=O)NCCC1=CCCCC1. The zero-order valence-electron chi connectivity index (χ0n) is 12.5. The molecule has 2 N–H and O–H groups in total. The van der Waals surface area contributed by atoms with Gasteiger partial charge < -0.3 is 10.4 Å². The first-order chi connectivity index (χ1) is 10.2. The number of fused-ring (bicyclic) bond motifs is 2. The topological polar surface area (TPSA) is 66.4 Å². The van der Waals surface area contributed by atoms with Crippen molar-refractivity contribution in [2.45, 2.75) is 51.4 Å². The molecule has 116 valence electrons. The molecule has 0 spiro atoms. The molecule has 1 amide bonds. The lowest BCUT2D eigenvalue weighted by molar-refractivity contribution is -0.149. The van der Waals surface area contributed by atoms with Gasteiger partial charge in [0.2, 0.25) is 5.91 Å². The van der Waals surface area contributed by atoms with Crippen LogP contribution in [0.3, 0.4) is 0 Å². The molecule has 2 saturated carbocycles. The van der Waals surface area contributed by atoms with E-state index in [0.717, 1.165) is 38.5 Å². The molecule has 3 rings (SSSR count). The highest BCUT2D eigenvalue weighted by Gasteiger charge is 2.53. The Labute approximate surface area is 126 Å². The van der Waals surface area contributed by atoms with Gasteiger partial charge in [0, 0.05) is 6.54 Å². The standard InChI is InChI=1S/C17H25NO3/c19-16(18-9-8-11-4-2-1-3-5-11)14-12-6-7-13(10-12)15(14)17(20)21/h4,12-15H,1-3,5-10H2,(H,18,19)(H,20,21)/t12-,13-,14-,15+/m0/s1. The Bertz CT molecular complexity index is 457. The maximum Gasteiger partial charge on any atom is 0.307 e. The van der Waals surface area contributed by atoms with Crippen LogP contribution in [-0.4, -0.2) is 23.5 Å². The zero-order chi connectivity index (χ0) is 14.8. The summed E-state index contributed by atoms with van der Waals surface area (Å²) in [5.74, 6) is -1.02. The number of carboxylic acids is 1. The van der Waals surface area contributed by atoms with Crippen molar-refractivity contribution in [2.75, 3.05) is 6.54 Å². The van der Waals surface area contributed by atoms with Gasteiger partial charge in [-0.25, -0.2) is 0 Å². The Morgan fingerprint density at radius 3 is 2.62 bits per heavy atom. The molecule has 2 fully saturated rings. The van der Waals surface area contributed by atoms with Crippen LogP contribution in [0.1, 0.15) is 51.4 Å². The molecule has 3 aliphatic rings. The first-order valence-electron chi connectivity index (χ1n) is 8.35. The van der Waals surface area contributed by atoms with Crippen molar-refractivity contribution < 1.29 is 14.7 Å². The molecule has 0 aromatic rings. The average molecular weight is 291 g/mol. The van der Waals surface area contributed by atoms with Gasteiger partial charge in [0.05, 0.1) is 11.8 Å². The van der Waals surface area contributed by atoms with Gasteiger partial charge >= 0.3 is 5.97 Å². The predicted molar refractivity (Wildman–Crippen MR) is 79.6 cm³/mol. The number of hydrogen-bond acceptors (Lipinski definition) is 2. The zero-order valence-corrected chi connectivity index (χ0v) is 12.5. The molecule has 4 heteroatoms. The van der Waals surface area contributed by atoms with Gasteiger partial charge in [0.15, 0.2) is 0 Å². The summed E-state index contributed by atoms with van der Waals surface area (Å²) in [6, 6.07) is 0. The van der Waals surface area contributed by atoms with Crippen LogP contribution < -0.4 is 5.32 Å². The third kappa shape index (κ3) is 2.99. The van der Waals surface area contributed by atoms with E-state index < -0.39 is 11.9 Å². The first kappa shape index (κ1) is 14.6. The molecule has 0 aliphatic heterocycles. The third-order valence-corrected chi connectivity index (χ3v) is 5.63. The van der Waals surface area contributed by atoms with E-state index in [1.54, 1.807) is 0 Å². The molecule has 3 aliphatic carbocycles. The minimum Gasteiger partial charge on any atom is -0.481 e. The van der Waals surface area contributed by atoms with Gasteiger partial charge in [-0.2, -0.15) is 0 Å². The average Bonchev–Trinajstić information content (AvgIpc) is 3.08. The number of nitrogens with one attached hydrogen (secondary N) is 1. The first-order valence-corrected chi connectivity index (χ1v) is 8.35. The third-order valence-electron chi connectivity index (χ3n) is 5.63. The van der Waals surface area contributed by atoms with Crippen LogP contribution in [0.4, 0.5) is 0 Å². The number of rotatable bonds is 5. The van der Waals surface area contributed by atoms with Gasteiger partial charge in [-0.3, -0.25) is 9.59 Å². The summed E-state index contributed by atoms with van der Waals surface area (Å²) in [4.78, 5) is 23.8. The number of allylic oxidation sites excluding steroid dienone is 1. The van der Waals surface area contributed by atoms with Crippen LogP contribution in [0.15, 0.2) is 11.6 Å². The highest BCUT2D eigenvalue weighted by molar-refractivity contribution is 5.86. The summed E-state index contributed by atoms with van der Waals surface area (Å²) in [7, 11) is 0. The Morgan fingerprint density at radius 1 is 1.19 bits per heavy atom. The van der Waals surface area contributed by atoms with Crippen molar-refractivity contribution in [3.63, 3.8) is 0 Å². The lowest BCUT2D eigenvalue weighted by atomic mass is 9.78. The van der Waals surface area contributed by atoms with Crippen LogP contribution in [0.2, 0.25) is 0 Å². The second kappa shape index (κ2) is 6.20. The second-order valence-electron chi connectivity index (χ2n) is 6.87. The molecular formula is C17H25NO3. The van der Waals surface area contributed by atoms with Gasteiger partial charge in [-0.1, -0.05) is 11.6 Å². The minimum atomic E-state index is -0.780. The van der Waals surface area contributed by atoms with Crippen LogP contribution in [-0.2, 0) is 9.59 Å². The molecule has 0 unspecified atom stereocenters. The quantitative estimate of drug-likeness (QED) is 0.765. The molecule has 4 atom stereocenters. The molecule has 4 nitrogen and oxygen atoms in total. The van der Waals surface area contributed by atoms with Crippen LogP contribution in [0.25, 0.3) is 0 Å². The number of aliphatic carboxylic acids is 1. The Hall–Kier alpha value is -1.32. The van der Waals surface area contributed by atoms with E-state index in [2.05, 4.69) is 11.4 Å². The van der Waals surface area contributed by atoms with E-state index in [1.807, 2.05) is 0 Å². The van der Waals surface area contributed by atoms with Crippen molar-refractivity contribution in [2.24, 2.45) is 23.7 Å². The maximum atomic E-state index is 12.4. The molecule has 21 heavy (non-hydrogen) atoms. The molecule has 0 radical (unpaired) electrons. The molecule has 0 aromatic carbocycles. The number of carbonyl (C=O) groups excluding carboxylic acids is 1. The number of carbonyl (C=O) groups is 2. The Morgan fingerprint density at radius 2 is 1.95 bits per heavy atom. The van der Waals surface area contributed by atoms with Crippen molar-refractivity contribution in [3.05, 3.63) is 11.6 Å². The highest BCUT2D eigenvalue weighted by atomic mass is 16.4. The highest BCUT2D eigenvalue weighted by Crippen LogP contribution is 2.52. The van der Waals surface area contributed by atoms with E-state index in [1.165, 1.54) is 18.4 Å². The minimum absolute atomic E-state index is 0.0222. The summed E-state index contributed by atoms with van der Waals surface area (Å²) < 4.78 is 0. The summed E-state index contributed by atoms with van der Waals surface area (Å²) in [5, 5.41) is 12.4. The lowest BCUT2D eigenvalue weighted by Gasteiger charge is -2.27. The van der Waals surface area contributed by atoms with E-state index in [4.69, 9.17) is 0 Å². The fourth-order valence-corrected chi connectivity index (χ4v) is 4.62. The fraction of sp³-hybridized carbons (Fsp3) is 0.765. The molecule has 0 heterocycles. The largest absolute Gasteiger partial charge is 0.481 e. The summed E-state index contributed by atoms with van der Waals surface area (Å²) in [6.07, 6.45) is 11.0. The van der Waals surface area contributed by atoms with Gasteiger partial charge in [0.1, 0.15) is 0 Å². The lowest BCUT2D eigenvalue weighted by Crippen LogP contribution is -2.41. The summed E-state index contributed by atoms with van der Waals surface area (Å²) in [5.41, 5.74) is 1.45. The molecule has 0 aromatic heterocycles. The van der Waals surface area contributed by atoms with Crippen LogP contribution in [0.5, 0.6) is 0 Å². The van der Waals surface area contributed by atoms with Gasteiger partial charge in [-0.05, 0) is 63.2 Å². The van der Waals surface area contributed by atoms with Crippen molar-refractivity contribution >= 4 is 11.9 Å². The fourth-order valence-electron chi connectivity index (χ4n) is 4.62. The van der Waals surface area contributed by atoms with E-state index in [9.17, 15) is 14.7 Å². The van der Waals surface area contributed by atoms with E-state index in [-0.39, 0.29) is 17.7 Å². The predicted octanol–water partition coefficient (Wildman–Crippen LogP) is 2.74.